The van der Waals surface area contributed by atoms with E-state index in [1.807, 2.05) is 6.92 Å². The zero-order valence-corrected chi connectivity index (χ0v) is 16.0. The molecule has 1 fully saturated rings. The van der Waals surface area contributed by atoms with Gasteiger partial charge >= 0.3 is 0 Å². The third-order valence-corrected chi connectivity index (χ3v) is 5.35. The molecule has 0 heterocycles. The van der Waals surface area contributed by atoms with Crippen LogP contribution >= 0.6 is 0 Å². The largest absolute Gasteiger partial charge is 0.393 e. The number of carbonyl (C=O) groups is 1. The van der Waals surface area contributed by atoms with Crippen molar-refractivity contribution in [2.24, 2.45) is 11.8 Å². The van der Waals surface area contributed by atoms with E-state index in [-0.39, 0.29) is 24.0 Å². The highest BCUT2D eigenvalue weighted by molar-refractivity contribution is 5.84. The summed E-state index contributed by atoms with van der Waals surface area (Å²) in [5, 5.41) is 10.2. The van der Waals surface area contributed by atoms with Gasteiger partial charge in [0.2, 0.25) is 0 Å². The molecule has 0 aliphatic heterocycles. The number of ether oxygens (including phenoxy) is 2. The van der Waals surface area contributed by atoms with E-state index >= 15 is 0 Å². The average Bonchev–Trinajstić information content (AvgIpc) is 2.88. The highest BCUT2D eigenvalue weighted by atomic mass is 16.5. The molecule has 24 heavy (non-hydrogen) atoms. The van der Waals surface area contributed by atoms with Crippen LogP contribution in [0, 0.1) is 11.8 Å². The highest BCUT2D eigenvalue weighted by Crippen LogP contribution is 2.38. The smallest absolute Gasteiger partial charge is 0.138 e. The Bertz CT molecular complexity index is 332. The molecule has 4 heteroatoms. The van der Waals surface area contributed by atoms with Gasteiger partial charge in [-0.3, -0.25) is 4.79 Å². The maximum atomic E-state index is 12.4. The van der Waals surface area contributed by atoms with Gasteiger partial charge in [0.05, 0.1) is 12.2 Å². The molecule has 0 aromatic rings. The van der Waals surface area contributed by atoms with E-state index < -0.39 is 0 Å². The van der Waals surface area contributed by atoms with Crippen molar-refractivity contribution < 1.29 is 19.4 Å². The molecular weight excluding hydrogens is 304 g/mol. The van der Waals surface area contributed by atoms with Crippen molar-refractivity contribution in [2.45, 2.75) is 90.3 Å². The molecule has 142 valence electrons. The van der Waals surface area contributed by atoms with E-state index in [2.05, 4.69) is 6.92 Å². The second-order valence-corrected chi connectivity index (χ2v) is 7.13. The summed E-state index contributed by atoms with van der Waals surface area (Å²) in [5.74, 6) is 0.735. The van der Waals surface area contributed by atoms with Crippen molar-refractivity contribution in [3.05, 3.63) is 0 Å². The normalized spacial score (nSPS) is 25.3. The van der Waals surface area contributed by atoms with Crippen LogP contribution < -0.4 is 0 Å². The van der Waals surface area contributed by atoms with Crippen LogP contribution in [0.3, 0.4) is 0 Å². The first-order chi connectivity index (χ1) is 11.6. The lowest BCUT2D eigenvalue weighted by Crippen LogP contribution is -2.24. The Morgan fingerprint density at radius 2 is 1.92 bits per heavy atom. The Hall–Kier alpha value is -0.450. The minimum absolute atomic E-state index is 0.0391. The molecule has 0 amide bonds. The molecule has 0 aromatic carbocycles. The summed E-state index contributed by atoms with van der Waals surface area (Å²) >= 11 is 0. The molecule has 1 rings (SSSR count). The summed E-state index contributed by atoms with van der Waals surface area (Å²) in [4.78, 5) is 12.4. The fraction of sp³-hybridized carbons (Fsp3) is 0.950. The molecule has 4 nitrogen and oxygen atoms in total. The average molecular weight is 343 g/mol. The molecule has 0 radical (unpaired) electrons. The van der Waals surface area contributed by atoms with E-state index in [0.717, 1.165) is 58.2 Å². The van der Waals surface area contributed by atoms with Gasteiger partial charge in [-0.2, -0.15) is 0 Å². The number of carbonyl (C=O) groups excluding carboxylic acids is 1. The monoisotopic (exact) mass is 342 g/mol. The molecular formula is C20H38O4. The number of methoxy groups -OCH3 is 1. The summed E-state index contributed by atoms with van der Waals surface area (Å²) in [6, 6.07) is 0. The lowest BCUT2D eigenvalue weighted by Gasteiger charge is -2.24. The van der Waals surface area contributed by atoms with Gasteiger partial charge in [0.25, 0.3) is 0 Å². The summed E-state index contributed by atoms with van der Waals surface area (Å²) in [6.45, 7) is 5.72. The Labute approximate surface area is 148 Å². The molecule has 0 bridgehead atoms. The van der Waals surface area contributed by atoms with Crippen LogP contribution in [-0.4, -0.2) is 43.4 Å². The Morgan fingerprint density at radius 1 is 1.12 bits per heavy atom. The van der Waals surface area contributed by atoms with Gasteiger partial charge in [-0.05, 0) is 44.9 Å². The summed E-state index contributed by atoms with van der Waals surface area (Å²) in [5.41, 5.74) is 0. The first kappa shape index (κ1) is 21.6. The van der Waals surface area contributed by atoms with Gasteiger partial charge in [-0.25, -0.2) is 0 Å². The van der Waals surface area contributed by atoms with Crippen LogP contribution in [0.1, 0.15) is 78.1 Å². The van der Waals surface area contributed by atoms with Crippen molar-refractivity contribution in [3.63, 3.8) is 0 Å². The fourth-order valence-corrected chi connectivity index (χ4v) is 3.89. The van der Waals surface area contributed by atoms with Crippen LogP contribution in [-0.2, 0) is 14.3 Å². The lowest BCUT2D eigenvalue weighted by molar-refractivity contribution is -0.121. The zero-order valence-electron chi connectivity index (χ0n) is 16.0. The number of rotatable bonds is 14. The van der Waals surface area contributed by atoms with Crippen LogP contribution in [0.25, 0.3) is 0 Å². The van der Waals surface area contributed by atoms with Crippen molar-refractivity contribution in [3.8, 4) is 0 Å². The Morgan fingerprint density at radius 3 is 2.58 bits per heavy atom. The van der Waals surface area contributed by atoms with Gasteiger partial charge in [0, 0.05) is 32.7 Å². The molecule has 0 saturated heterocycles. The van der Waals surface area contributed by atoms with Gasteiger partial charge in [0.15, 0.2) is 0 Å². The number of hydrogen-bond donors (Lipinski definition) is 1. The maximum absolute atomic E-state index is 12.4. The third kappa shape index (κ3) is 7.62. The Balaban J connectivity index is 2.41. The second-order valence-electron chi connectivity index (χ2n) is 7.13. The highest BCUT2D eigenvalue weighted by Gasteiger charge is 2.41. The quantitative estimate of drug-likeness (QED) is 0.482. The second kappa shape index (κ2) is 12.8. The minimum Gasteiger partial charge on any atom is -0.393 e. The molecule has 4 atom stereocenters. The van der Waals surface area contributed by atoms with Crippen LogP contribution in [0.4, 0.5) is 0 Å². The number of aliphatic hydroxyl groups excluding tert-OH is 1. The third-order valence-electron chi connectivity index (χ3n) is 5.35. The molecule has 1 aliphatic carbocycles. The van der Waals surface area contributed by atoms with Crippen LogP contribution in [0.15, 0.2) is 0 Å². The standard InChI is InChI=1S/C20H38O4/c1-4-6-7-10-16(21)12-13-18-17(11-8-9-14-24-5-2)19(22)15-20(18)23-3/h16-18,20-21H,4-15H2,1-3H3/t16?,17-,18-,20-/m1/s1. The molecule has 1 saturated carbocycles. The van der Waals surface area contributed by atoms with Crippen molar-refractivity contribution in [2.75, 3.05) is 20.3 Å². The number of hydrogen-bond acceptors (Lipinski definition) is 4. The Kier molecular flexibility index (Phi) is 11.6. The van der Waals surface area contributed by atoms with E-state index in [4.69, 9.17) is 9.47 Å². The summed E-state index contributed by atoms with van der Waals surface area (Å²) in [7, 11) is 1.71. The minimum atomic E-state index is -0.233. The summed E-state index contributed by atoms with van der Waals surface area (Å²) < 4.78 is 11.0. The first-order valence-electron chi connectivity index (χ1n) is 9.95. The summed E-state index contributed by atoms with van der Waals surface area (Å²) in [6.07, 6.45) is 9.35. The maximum Gasteiger partial charge on any atom is 0.138 e. The molecule has 0 aromatic heterocycles. The number of ketones is 1. The van der Waals surface area contributed by atoms with Crippen molar-refractivity contribution in [1.29, 1.82) is 0 Å². The predicted octanol–water partition coefficient (Wildman–Crippen LogP) is 4.13. The van der Waals surface area contributed by atoms with Gasteiger partial charge in [-0.15, -0.1) is 0 Å². The van der Waals surface area contributed by atoms with E-state index in [1.165, 1.54) is 12.8 Å². The number of unbranched alkanes of at least 4 members (excludes halogenated alkanes) is 3. The molecule has 1 aliphatic rings. The van der Waals surface area contributed by atoms with Crippen LogP contribution in [0.5, 0.6) is 0 Å². The van der Waals surface area contributed by atoms with Crippen LogP contribution in [0.2, 0.25) is 0 Å². The van der Waals surface area contributed by atoms with E-state index in [0.29, 0.717) is 12.2 Å². The topological polar surface area (TPSA) is 55.8 Å². The van der Waals surface area contributed by atoms with Gasteiger partial charge in [-0.1, -0.05) is 32.6 Å². The molecule has 1 unspecified atom stereocenters. The molecule has 0 spiro atoms. The lowest BCUT2D eigenvalue weighted by atomic mass is 9.85. The molecule has 1 N–H and O–H groups in total. The SMILES string of the molecule is CCCCCC(O)CC[C@H]1[C@H](OC)CC(=O)[C@@H]1CCCCOCC. The first-order valence-corrected chi connectivity index (χ1v) is 9.95. The van der Waals surface area contributed by atoms with E-state index in [1.54, 1.807) is 7.11 Å². The fourth-order valence-electron chi connectivity index (χ4n) is 3.89. The predicted molar refractivity (Wildman–Crippen MR) is 97.1 cm³/mol. The number of aliphatic hydroxyl groups is 1. The van der Waals surface area contributed by atoms with Crippen molar-refractivity contribution in [1.82, 2.24) is 0 Å². The van der Waals surface area contributed by atoms with Gasteiger partial charge in [0.1, 0.15) is 5.78 Å². The zero-order chi connectivity index (χ0) is 17.8. The van der Waals surface area contributed by atoms with E-state index in [9.17, 15) is 9.90 Å². The van der Waals surface area contributed by atoms with Crippen molar-refractivity contribution >= 4 is 5.78 Å². The van der Waals surface area contributed by atoms with Gasteiger partial charge < -0.3 is 14.6 Å². The number of Topliss-reactive ketones (excluding diaryl/α,β-unsaturated/α-hetero) is 1.